The highest BCUT2D eigenvalue weighted by Crippen LogP contribution is 2.43. The van der Waals surface area contributed by atoms with Crippen molar-refractivity contribution in [3.63, 3.8) is 0 Å². The molecule has 0 radical (unpaired) electrons. The van der Waals surface area contributed by atoms with Crippen LogP contribution in [0.3, 0.4) is 0 Å². The number of phosphoric ester groups is 1. The Balaban J connectivity index is 4.47. The van der Waals surface area contributed by atoms with Crippen LogP contribution >= 0.6 is 7.82 Å². The second kappa shape index (κ2) is 33.7. The Kier molecular flexibility index (Phi) is 32.5. The summed E-state index contributed by atoms with van der Waals surface area (Å²) in [5.41, 5.74) is 0. The Morgan fingerprint density at radius 1 is 0.635 bits per heavy atom. The van der Waals surface area contributed by atoms with E-state index in [9.17, 15) is 23.8 Å². The fourth-order valence-corrected chi connectivity index (χ4v) is 6.15. The first-order valence-corrected chi connectivity index (χ1v) is 22.0. The molecule has 0 spiro atoms. The summed E-state index contributed by atoms with van der Waals surface area (Å²) in [5, 5.41) is 0. The fraction of sp³-hybridized carbons (Fsp3) is 0.829. The third kappa shape index (κ3) is 36.5. The van der Waals surface area contributed by atoms with Crippen molar-refractivity contribution in [1.82, 2.24) is 0 Å². The largest absolute Gasteiger partial charge is 0.472 e. The van der Waals surface area contributed by atoms with Gasteiger partial charge in [0.05, 0.1) is 27.7 Å². The minimum absolute atomic E-state index is 0.0138. The molecule has 0 fully saturated rings. The predicted octanol–water partition coefficient (Wildman–Crippen LogP) is 10.4. The number of unbranched alkanes of at least 4 members (excludes halogenated alkanes) is 18. The van der Waals surface area contributed by atoms with Crippen LogP contribution in [-0.4, -0.2) is 80.7 Å². The van der Waals surface area contributed by atoms with Crippen LogP contribution in [0.25, 0.3) is 0 Å². The van der Waals surface area contributed by atoms with E-state index in [-0.39, 0.29) is 31.8 Å². The lowest BCUT2D eigenvalue weighted by Gasteiger charge is -2.24. The molecule has 0 aliphatic rings. The topological polar surface area (TPSA) is 125 Å². The number of likely N-dealkylation sites (N-methyl/N-ethyl adjacent to an activating group) is 1. The van der Waals surface area contributed by atoms with Crippen LogP contribution < -0.4 is 0 Å². The Morgan fingerprint density at radius 3 is 1.69 bits per heavy atom. The Morgan fingerprint density at radius 2 is 1.13 bits per heavy atom. The third-order valence-corrected chi connectivity index (χ3v) is 9.69. The molecule has 304 valence electrons. The molecule has 2 atom stereocenters. The molecule has 0 aromatic heterocycles. The van der Waals surface area contributed by atoms with Crippen molar-refractivity contribution in [3.8, 4) is 0 Å². The molecule has 1 N–H and O–H groups in total. The number of esters is 2. The smallest absolute Gasteiger partial charge is 0.462 e. The van der Waals surface area contributed by atoms with E-state index in [0.29, 0.717) is 30.3 Å². The number of hydrogen-bond donors (Lipinski definition) is 1. The number of nitrogens with zero attached hydrogens (tertiary/aromatic N) is 1. The van der Waals surface area contributed by atoms with E-state index in [2.05, 4.69) is 19.9 Å². The first-order chi connectivity index (χ1) is 24.9. The molecule has 52 heavy (non-hydrogen) atoms. The van der Waals surface area contributed by atoms with Crippen molar-refractivity contribution in [2.45, 2.75) is 174 Å². The van der Waals surface area contributed by atoms with Gasteiger partial charge in [-0.05, 0) is 38.2 Å². The second-order valence-electron chi connectivity index (χ2n) is 15.1. The molecule has 0 amide bonds. The maximum Gasteiger partial charge on any atom is 0.472 e. The fourth-order valence-electron chi connectivity index (χ4n) is 5.41. The molecule has 0 aliphatic heterocycles. The van der Waals surface area contributed by atoms with Gasteiger partial charge in [-0.1, -0.05) is 135 Å². The number of allylic oxidation sites excluding steroid dienone is 4. The highest BCUT2D eigenvalue weighted by atomic mass is 31.2. The van der Waals surface area contributed by atoms with E-state index >= 15 is 0 Å². The van der Waals surface area contributed by atoms with Crippen LogP contribution in [0.15, 0.2) is 24.3 Å². The Hall–Kier alpha value is -1.84. The van der Waals surface area contributed by atoms with Gasteiger partial charge in [0.15, 0.2) is 11.9 Å². The maximum absolute atomic E-state index is 12.6. The van der Waals surface area contributed by atoms with Crippen LogP contribution in [0.1, 0.15) is 168 Å². The number of ether oxygens (including phenoxy) is 2. The van der Waals surface area contributed by atoms with E-state index in [4.69, 9.17) is 18.5 Å². The van der Waals surface area contributed by atoms with Crippen molar-refractivity contribution in [1.29, 1.82) is 0 Å². The maximum atomic E-state index is 12.6. The quantitative estimate of drug-likeness (QED) is 0.0165. The summed E-state index contributed by atoms with van der Waals surface area (Å²) in [7, 11) is 1.41. The number of quaternary nitrogens is 1. The van der Waals surface area contributed by atoms with Gasteiger partial charge in [0.1, 0.15) is 19.8 Å². The summed E-state index contributed by atoms with van der Waals surface area (Å²) >= 11 is 0. The van der Waals surface area contributed by atoms with Gasteiger partial charge in [0.25, 0.3) is 0 Å². The number of carbonyl (C=O) groups is 3. The molecular weight excluding hydrogens is 681 g/mol. The SMILES string of the molecule is CCCCC/C=C\C=C\C(=O)CCCCCCCC(=O)OC[C@H](COP(=O)(O)OCC[N+](C)(C)C)OC(=O)CCCCCCCCCCCCCC. The van der Waals surface area contributed by atoms with Crippen molar-refractivity contribution in [2.75, 3.05) is 47.5 Å². The average molecular weight is 759 g/mol. The summed E-state index contributed by atoms with van der Waals surface area (Å²) < 4.78 is 34.1. The first kappa shape index (κ1) is 50.2. The van der Waals surface area contributed by atoms with Gasteiger partial charge in [0.2, 0.25) is 0 Å². The molecule has 0 saturated carbocycles. The Bertz CT molecular complexity index is 1010. The minimum Gasteiger partial charge on any atom is -0.462 e. The van der Waals surface area contributed by atoms with E-state index in [1.165, 1.54) is 70.6 Å². The number of ketones is 1. The standard InChI is InChI=1S/C41H76NO9P/c1-6-8-10-12-14-15-16-17-18-20-24-29-33-41(45)51-39(37-50-52(46,47)49-35-34-42(3,4)5)36-48-40(44)32-28-25-21-23-27-31-38(43)30-26-22-19-13-11-9-7-2/h19,22,26,30,39H,6-18,20-21,23-25,27-29,31-37H2,1-5H3/p+1/b22-19-,30-26+/t39-/m1/s1. The molecule has 0 aromatic carbocycles. The van der Waals surface area contributed by atoms with Crippen LogP contribution in [-0.2, 0) is 37.5 Å². The van der Waals surface area contributed by atoms with Gasteiger partial charge >= 0.3 is 19.8 Å². The van der Waals surface area contributed by atoms with E-state index in [1.54, 1.807) is 6.08 Å². The lowest BCUT2D eigenvalue weighted by atomic mass is 10.0. The highest BCUT2D eigenvalue weighted by Gasteiger charge is 2.27. The van der Waals surface area contributed by atoms with Crippen LogP contribution in [0.2, 0.25) is 0 Å². The molecule has 11 heteroatoms. The third-order valence-electron chi connectivity index (χ3n) is 8.71. The highest BCUT2D eigenvalue weighted by molar-refractivity contribution is 7.47. The molecule has 0 saturated heterocycles. The number of rotatable bonds is 37. The molecule has 1 unspecified atom stereocenters. The van der Waals surface area contributed by atoms with Gasteiger partial charge in [-0.2, -0.15) is 0 Å². The second-order valence-corrected chi connectivity index (χ2v) is 16.5. The zero-order valence-electron chi connectivity index (χ0n) is 33.8. The summed E-state index contributed by atoms with van der Waals surface area (Å²) in [6, 6.07) is 0. The van der Waals surface area contributed by atoms with Crippen LogP contribution in [0.4, 0.5) is 0 Å². The summed E-state index contributed by atoms with van der Waals surface area (Å²) in [6.07, 6.45) is 30.4. The normalized spacial score (nSPS) is 13.8. The zero-order chi connectivity index (χ0) is 38.8. The van der Waals surface area contributed by atoms with Gasteiger partial charge in [0, 0.05) is 19.3 Å². The predicted molar refractivity (Wildman–Crippen MR) is 211 cm³/mol. The molecule has 0 heterocycles. The number of carbonyl (C=O) groups excluding carboxylic acids is 3. The number of hydrogen-bond acceptors (Lipinski definition) is 8. The molecule has 0 aromatic rings. The van der Waals surface area contributed by atoms with Crippen molar-refractivity contribution < 1.29 is 46.8 Å². The molecule has 10 nitrogen and oxygen atoms in total. The summed E-state index contributed by atoms with van der Waals surface area (Å²) in [4.78, 5) is 47.2. The zero-order valence-corrected chi connectivity index (χ0v) is 34.7. The monoisotopic (exact) mass is 759 g/mol. The number of phosphoric acid groups is 1. The molecule has 0 bridgehead atoms. The van der Waals surface area contributed by atoms with E-state index < -0.39 is 32.5 Å². The van der Waals surface area contributed by atoms with Crippen molar-refractivity contribution >= 4 is 25.5 Å². The van der Waals surface area contributed by atoms with E-state index in [1.807, 2.05) is 33.3 Å². The molecular formula is C41H77NO9P+. The first-order valence-electron chi connectivity index (χ1n) is 20.5. The van der Waals surface area contributed by atoms with Crippen molar-refractivity contribution in [3.05, 3.63) is 24.3 Å². The van der Waals surface area contributed by atoms with Crippen LogP contribution in [0.5, 0.6) is 0 Å². The van der Waals surface area contributed by atoms with Crippen LogP contribution in [0, 0.1) is 0 Å². The van der Waals surface area contributed by atoms with Gasteiger partial charge in [-0.3, -0.25) is 23.4 Å². The average Bonchev–Trinajstić information content (AvgIpc) is 3.08. The molecule has 0 rings (SSSR count). The lowest BCUT2D eigenvalue weighted by molar-refractivity contribution is -0.870. The minimum atomic E-state index is -4.39. The van der Waals surface area contributed by atoms with E-state index in [0.717, 1.165) is 51.4 Å². The summed E-state index contributed by atoms with van der Waals surface area (Å²) in [5.74, 6) is -0.761. The van der Waals surface area contributed by atoms with Gasteiger partial charge < -0.3 is 18.9 Å². The Labute approximate surface area is 317 Å². The summed E-state index contributed by atoms with van der Waals surface area (Å²) in [6.45, 7) is 4.22. The van der Waals surface area contributed by atoms with Crippen molar-refractivity contribution in [2.24, 2.45) is 0 Å². The van der Waals surface area contributed by atoms with Gasteiger partial charge in [-0.25, -0.2) is 4.57 Å². The lowest BCUT2D eigenvalue weighted by Crippen LogP contribution is -2.37. The van der Waals surface area contributed by atoms with Gasteiger partial charge in [-0.15, -0.1) is 0 Å². The molecule has 0 aliphatic carbocycles.